The van der Waals surface area contributed by atoms with Crippen LogP contribution in [0.5, 0.6) is 0 Å². The Balaban J connectivity index is 2.43. The first-order valence-corrected chi connectivity index (χ1v) is 8.89. The summed E-state index contributed by atoms with van der Waals surface area (Å²) in [6.07, 6.45) is 1.46. The number of piperidine rings is 1. The highest BCUT2D eigenvalue weighted by atomic mass is 16.2. The molecule has 2 atom stereocenters. The zero-order valence-electron chi connectivity index (χ0n) is 15.5. The summed E-state index contributed by atoms with van der Waals surface area (Å²) in [5.41, 5.74) is 0. The van der Waals surface area contributed by atoms with E-state index in [0.717, 1.165) is 12.8 Å². The molecule has 0 aromatic heterocycles. The lowest BCUT2D eigenvalue weighted by Crippen LogP contribution is -2.52. The van der Waals surface area contributed by atoms with Crippen molar-refractivity contribution in [2.24, 2.45) is 11.8 Å². The van der Waals surface area contributed by atoms with Gasteiger partial charge in [0, 0.05) is 18.5 Å². The Kier molecular flexibility index (Phi) is 8.18. The molecule has 1 aliphatic heterocycles. The average Bonchev–Trinajstić information content (AvgIpc) is 2.54. The van der Waals surface area contributed by atoms with Crippen molar-refractivity contribution in [2.45, 2.75) is 59.5 Å². The van der Waals surface area contributed by atoms with Gasteiger partial charge in [-0.15, -0.1) is 0 Å². The number of hydrogen-bond acceptors (Lipinski definition) is 4. The highest BCUT2D eigenvalue weighted by molar-refractivity contribution is 5.96. The summed E-state index contributed by atoms with van der Waals surface area (Å²) in [6.45, 7) is 11.6. The van der Waals surface area contributed by atoms with Gasteiger partial charge in [0.15, 0.2) is 0 Å². The zero-order chi connectivity index (χ0) is 18.3. The number of imide groups is 1. The van der Waals surface area contributed by atoms with Gasteiger partial charge in [0.1, 0.15) is 0 Å². The fourth-order valence-corrected chi connectivity index (χ4v) is 2.64. The zero-order valence-corrected chi connectivity index (χ0v) is 15.5. The number of carbonyl (C=O) groups is 3. The predicted octanol–water partition coefficient (Wildman–Crippen LogP) is 1.09. The number of nitrogens with zero attached hydrogens (tertiary/aromatic N) is 1. The quantitative estimate of drug-likeness (QED) is 0.675. The van der Waals surface area contributed by atoms with E-state index in [1.807, 2.05) is 11.8 Å². The summed E-state index contributed by atoms with van der Waals surface area (Å²) in [5, 5.41) is 7.95. The van der Waals surface area contributed by atoms with Crippen LogP contribution in [-0.2, 0) is 9.59 Å². The molecule has 0 unspecified atom stereocenters. The topological polar surface area (TPSA) is 90.5 Å². The molecular weight excluding hydrogens is 308 g/mol. The normalized spacial score (nSPS) is 18.8. The van der Waals surface area contributed by atoms with Gasteiger partial charge in [0.25, 0.3) is 0 Å². The number of rotatable bonds is 6. The lowest BCUT2D eigenvalue weighted by Gasteiger charge is -2.35. The molecule has 0 aromatic rings. The van der Waals surface area contributed by atoms with Crippen molar-refractivity contribution in [3.8, 4) is 0 Å². The number of urea groups is 1. The van der Waals surface area contributed by atoms with Crippen LogP contribution in [0.3, 0.4) is 0 Å². The van der Waals surface area contributed by atoms with Gasteiger partial charge < -0.3 is 10.6 Å². The second-order valence-corrected chi connectivity index (χ2v) is 6.88. The summed E-state index contributed by atoms with van der Waals surface area (Å²) in [6, 6.07) is -0.685. The van der Waals surface area contributed by atoms with Crippen molar-refractivity contribution in [2.75, 3.05) is 19.6 Å². The molecule has 4 amide bonds. The van der Waals surface area contributed by atoms with E-state index >= 15 is 0 Å². The minimum absolute atomic E-state index is 0.00102. The van der Waals surface area contributed by atoms with Gasteiger partial charge in [-0.2, -0.15) is 0 Å². The Morgan fingerprint density at radius 2 is 1.67 bits per heavy atom. The third-order valence-corrected chi connectivity index (χ3v) is 4.77. The van der Waals surface area contributed by atoms with E-state index in [0.29, 0.717) is 25.6 Å². The summed E-state index contributed by atoms with van der Waals surface area (Å²) in [5.74, 6) is 0.209. The molecule has 7 heteroatoms. The molecule has 0 spiro atoms. The number of amides is 4. The van der Waals surface area contributed by atoms with Gasteiger partial charge in [-0.05, 0) is 52.6 Å². The molecule has 0 radical (unpaired) electrons. The van der Waals surface area contributed by atoms with Crippen LogP contribution >= 0.6 is 0 Å². The first-order valence-electron chi connectivity index (χ1n) is 8.89. The second-order valence-electron chi connectivity index (χ2n) is 6.88. The van der Waals surface area contributed by atoms with E-state index in [-0.39, 0.29) is 29.8 Å². The molecule has 0 aromatic carbocycles. The third-order valence-electron chi connectivity index (χ3n) is 4.77. The molecule has 3 N–H and O–H groups in total. The van der Waals surface area contributed by atoms with Crippen molar-refractivity contribution >= 4 is 17.8 Å². The molecule has 0 bridgehead atoms. The largest absolute Gasteiger partial charge is 0.353 e. The lowest BCUT2D eigenvalue weighted by molar-refractivity contribution is -0.128. The van der Waals surface area contributed by atoms with Crippen LogP contribution < -0.4 is 16.0 Å². The Labute approximate surface area is 144 Å². The minimum Gasteiger partial charge on any atom is -0.353 e. The van der Waals surface area contributed by atoms with E-state index < -0.39 is 6.03 Å². The summed E-state index contributed by atoms with van der Waals surface area (Å²) < 4.78 is 0. The van der Waals surface area contributed by atoms with Crippen molar-refractivity contribution in [3.63, 3.8) is 0 Å². The maximum Gasteiger partial charge on any atom is 0.321 e. The van der Waals surface area contributed by atoms with Crippen LogP contribution in [0.1, 0.15) is 47.5 Å². The molecule has 1 heterocycles. The highest BCUT2D eigenvalue weighted by Gasteiger charge is 2.30. The molecule has 7 nitrogen and oxygen atoms in total. The molecule has 1 fully saturated rings. The predicted molar refractivity (Wildman–Crippen MR) is 93.4 cm³/mol. The van der Waals surface area contributed by atoms with Crippen molar-refractivity contribution in [3.05, 3.63) is 0 Å². The average molecular weight is 340 g/mol. The molecule has 0 aliphatic carbocycles. The fourth-order valence-electron chi connectivity index (χ4n) is 2.64. The van der Waals surface area contributed by atoms with Crippen LogP contribution in [0.25, 0.3) is 0 Å². The minimum atomic E-state index is -0.466. The summed E-state index contributed by atoms with van der Waals surface area (Å²) in [7, 11) is 0. The number of nitrogens with one attached hydrogen (secondary N) is 3. The molecule has 1 saturated heterocycles. The van der Waals surface area contributed by atoms with Crippen LogP contribution in [0.2, 0.25) is 0 Å². The number of likely N-dealkylation sites (tertiary alicyclic amines) is 1. The Morgan fingerprint density at radius 1 is 1.08 bits per heavy atom. The molecule has 0 saturated carbocycles. The van der Waals surface area contributed by atoms with Crippen LogP contribution in [-0.4, -0.2) is 54.5 Å². The van der Waals surface area contributed by atoms with Gasteiger partial charge in [-0.25, -0.2) is 4.79 Å². The van der Waals surface area contributed by atoms with Gasteiger partial charge in [0.2, 0.25) is 11.8 Å². The van der Waals surface area contributed by atoms with E-state index in [1.54, 1.807) is 13.8 Å². The van der Waals surface area contributed by atoms with Gasteiger partial charge >= 0.3 is 6.03 Å². The Bertz CT molecular complexity index is 445. The molecule has 1 rings (SSSR count). The Hall–Kier alpha value is -1.63. The van der Waals surface area contributed by atoms with Crippen LogP contribution in [0.4, 0.5) is 4.79 Å². The van der Waals surface area contributed by atoms with Crippen molar-refractivity contribution < 1.29 is 14.4 Å². The maximum atomic E-state index is 12.3. The number of carbonyl (C=O) groups excluding carboxylic acids is 3. The standard InChI is InChI=1S/C17H32N4O3/c1-6-18-17(24)20-15(22)13(5)21-9-7-14(8-10-21)16(23)19-12(4)11(2)3/h11-14H,6-10H2,1-5H3,(H,19,23)(H2,18,20,22,24)/t12-,13+/m0/s1. The van der Waals surface area contributed by atoms with Gasteiger partial charge in [0.05, 0.1) is 6.04 Å². The van der Waals surface area contributed by atoms with E-state index in [1.165, 1.54) is 0 Å². The van der Waals surface area contributed by atoms with Gasteiger partial charge in [-0.3, -0.25) is 19.8 Å². The van der Waals surface area contributed by atoms with Gasteiger partial charge in [-0.1, -0.05) is 13.8 Å². The van der Waals surface area contributed by atoms with Crippen LogP contribution in [0.15, 0.2) is 0 Å². The van der Waals surface area contributed by atoms with Crippen LogP contribution in [0, 0.1) is 11.8 Å². The molecule has 1 aliphatic rings. The summed E-state index contributed by atoms with van der Waals surface area (Å²) in [4.78, 5) is 37.8. The van der Waals surface area contributed by atoms with Crippen molar-refractivity contribution in [1.29, 1.82) is 0 Å². The molecule has 24 heavy (non-hydrogen) atoms. The fraction of sp³-hybridized carbons (Fsp3) is 0.824. The first kappa shape index (κ1) is 20.4. The smallest absolute Gasteiger partial charge is 0.321 e. The van der Waals surface area contributed by atoms with Crippen molar-refractivity contribution in [1.82, 2.24) is 20.9 Å². The summed E-state index contributed by atoms with van der Waals surface area (Å²) >= 11 is 0. The molecule has 138 valence electrons. The first-order chi connectivity index (χ1) is 11.3. The van der Waals surface area contributed by atoms with E-state index in [9.17, 15) is 14.4 Å². The second kappa shape index (κ2) is 9.61. The van der Waals surface area contributed by atoms with E-state index in [2.05, 4.69) is 29.8 Å². The monoisotopic (exact) mass is 340 g/mol. The number of hydrogen-bond donors (Lipinski definition) is 3. The Morgan fingerprint density at radius 3 is 2.17 bits per heavy atom. The SMILES string of the molecule is CCNC(=O)NC(=O)[C@@H](C)N1CCC(C(=O)N[C@@H](C)C(C)C)CC1. The highest BCUT2D eigenvalue weighted by Crippen LogP contribution is 2.20. The molecular formula is C17H32N4O3. The maximum absolute atomic E-state index is 12.3. The lowest BCUT2D eigenvalue weighted by atomic mass is 9.94. The van der Waals surface area contributed by atoms with E-state index in [4.69, 9.17) is 0 Å². The third kappa shape index (κ3) is 6.11.